The van der Waals surface area contributed by atoms with Gasteiger partial charge in [-0.1, -0.05) is 18.6 Å². The molecule has 1 aromatic carbocycles. The number of ether oxygens (including phenoxy) is 1. The molecule has 1 heterocycles. The van der Waals surface area contributed by atoms with Crippen molar-refractivity contribution < 1.29 is 14.3 Å². The van der Waals surface area contributed by atoms with Gasteiger partial charge in [-0.15, -0.1) is 12.4 Å². The van der Waals surface area contributed by atoms with Gasteiger partial charge in [-0.25, -0.2) is 0 Å². The molecule has 0 radical (unpaired) electrons. The molecule has 2 unspecified atom stereocenters. The average Bonchev–Trinajstić information content (AvgIpc) is 2.68. The number of halogens is 1. The number of para-hydroxylation sites is 2. The second-order valence-electron chi connectivity index (χ2n) is 7.41. The van der Waals surface area contributed by atoms with Crippen molar-refractivity contribution in [3.8, 4) is 5.75 Å². The summed E-state index contributed by atoms with van der Waals surface area (Å²) in [5.74, 6) is 0.877. The number of anilines is 1. The maximum Gasteiger partial charge on any atom is 0.227 e. The molecular formula is C20H30ClN3O3. The summed E-state index contributed by atoms with van der Waals surface area (Å²) in [4.78, 5) is 27.2. The number of methoxy groups -OCH3 is 1. The molecule has 3 N–H and O–H groups in total. The number of hydrogen-bond acceptors (Lipinski definition) is 4. The second-order valence-corrected chi connectivity index (χ2v) is 7.41. The Hall–Kier alpha value is -1.79. The van der Waals surface area contributed by atoms with Gasteiger partial charge in [0.05, 0.1) is 12.8 Å². The van der Waals surface area contributed by atoms with Crippen LogP contribution in [0.5, 0.6) is 5.75 Å². The first-order valence-electron chi connectivity index (χ1n) is 9.56. The van der Waals surface area contributed by atoms with Gasteiger partial charge in [-0.3, -0.25) is 9.59 Å². The van der Waals surface area contributed by atoms with Gasteiger partial charge in [0.25, 0.3) is 0 Å². The lowest BCUT2D eigenvalue weighted by Gasteiger charge is -2.35. The lowest BCUT2D eigenvalue weighted by atomic mass is 9.84. The Kier molecular flexibility index (Phi) is 7.92. The molecule has 27 heavy (non-hydrogen) atoms. The molecule has 2 atom stereocenters. The fourth-order valence-electron chi connectivity index (χ4n) is 4.05. The van der Waals surface area contributed by atoms with Crippen molar-refractivity contribution in [3.63, 3.8) is 0 Å². The van der Waals surface area contributed by atoms with Crippen LogP contribution in [0.3, 0.4) is 0 Å². The van der Waals surface area contributed by atoms with Gasteiger partial charge in [0.1, 0.15) is 5.75 Å². The van der Waals surface area contributed by atoms with E-state index in [-0.39, 0.29) is 42.1 Å². The van der Waals surface area contributed by atoms with E-state index in [4.69, 9.17) is 10.5 Å². The first kappa shape index (κ1) is 21.5. The number of amides is 2. The summed E-state index contributed by atoms with van der Waals surface area (Å²) in [5.41, 5.74) is 6.71. The van der Waals surface area contributed by atoms with Crippen LogP contribution in [0.1, 0.15) is 38.5 Å². The van der Waals surface area contributed by atoms with E-state index in [2.05, 4.69) is 5.32 Å². The predicted octanol–water partition coefficient (Wildman–Crippen LogP) is 2.81. The number of piperidine rings is 1. The van der Waals surface area contributed by atoms with Crippen molar-refractivity contribution in [3.05, 3.63) is 24.3 Å². The predicted molar refractivity (Wildman–Crippen MR) is 108 cm³/mol. The largest absolute Gasteiger partial charge is 0.495 e. The zero-order valence-electron chi connectivity index (χ0n) is 15.9. The average molecular weight is 396 g/mol. The van der Waals surface area contributed by atoms with Crippen LogP contribution in [-0.4, -0.2) is 43.0 Å². The van der Waals surface area contributed by atoms with Crippen LogP contribution in [0.15, 0.2) is 24.3 Å². The Balaban J connectivity index is 0.00000261. The molecule has 1 saturated carbocycles. The third kappa shape index (κ3) is 5.36. The van der Waals surface area contributed by atoms with Gasteiger partial charge in [0.15, 0.2) is 0 Å². The van der Waals surface area contributed by atoms with Crippen molar-refractivity contribution in [1.29, 1.82) is 0 Å². The van der Waals surface area contributed by atoms with Crippen molar-refractivity contribution in [2.45, 2.75) is 44.6 Å². The normalized spacial score (nSPS) is 23.3. The first-order chi connectivity index (χ1) is 12.6. The molecule has 7 heteroatoms. The summed E-state index contributed by atoms with van der Waals surface area (Å²) >= 11 is 0. The van der Waals surface area contributed by atoms with E-state index in [1.807, 2.05) is 29.2 Å². The minimum atomic E-state index is -0.0717. The lowest BCUT2D eigenvalue weighted by molar-refractivity contribution is -0.139. The summed E-state index contributed by atoms with van der Waals surface area (Å²) in [6, 6.07) is 7.55. The molecule has 1 aromatic rings. The van der Waals surface area contributed by atoms with E-state index in [1.165, 1.54) is 0 Å². The Morgan fingerprint density at radius 1 is 1.11 bits per heavy atom. The maximum atomic E-state index is 12.7. The lowest BCUT2D eigenvalue weighted by Crippen LogP contribution is -2.45. The number of carbonyl (C=O) groups is 2. The molecule has 0 aromatic heterocycles. The van der Waals surface area contributed by atoms with Crippen molar-refractivity contribution >= 4 is 29.9 Å². The number of benzene rings is 1. The molecule has 1 aliphatic heterocycles. The molecule has 0 spiro atoms. The van der Waals surface area contributed by atoms with Crippen LogP contribution >= 0.6 is 12.4 Å². The Labute approximate surface area is 167 Å². The molecule has 2 fully saturated rings. The molecule has 2 amide bonds. The Morgan fingerprint density at radius 2 is 1.81 bits per heavy atom. The molecule has 150 valence electrons. The van der Waals surface area contributed by atoms with Crippen LogP contribution in [0, 0.1) is 11.8 Å². The third-order valence-electron chi connectivity index (χ3n) is 5.61. The minimum Gasteiger partial charge on any atom is -0.495 e. The SMILES string of the molecule is COc1ccccc1NC(=O)C1CCN(C(=O)C2CCCC(N)C2)CC1.Cl. The number of likely N-dealkylation sites (tertiary alicyclic amines) is 1. The van der Waals surface area contributed by atoms with Gasteiger partial charge in [-0.05, 0) is 44.2 Å². The summed E-state index contributed by atoms with van der Waals surface area (Å²) in [5, 5.41) is 2.96. The first-order valence-corrected chi connectivity index (χ1v) is 9.56. The number of nitrogens with zero attached hydrogens (tertiary/aromatic N) is 1. The zero-order chi connectivity index (χ0) is 18.5. The number of nitrogens with two attached hydrogens (primary N) is 1. The number of carbonyl (C=O) groups excluding carboxylic acids is 2. The van der Waals surface area contributed by atoms with Crippen LogP contribution < -0.4 is 15.8 Å². The van der Waals surface area contributed by atoms with E-state index in [9.17, 15) is 9.59 Å². The smallest absolute Gasteiger partial charge is 0.227 e. The van der Waals surface area contributed by atoms with E-state index in [1.54, 1.807) is 7.11 Å². The number of hydrogen-bond donors (Lipinski definition) is 2. The fourth-order valence-corrected chi connectivity index (χ4v) is 4.05. The highest BCUT2D eigenvalue weighted by atomic mass is 35.5. The summed E-state index contributed by atoms with van der Waals surface area (Å²) in [7, 11) is 1.59. The highest BCUT2D eigenvalue weighted by molar-refractivity contribution is 5.94. The summed E-state index contributed by atoms with van der Waals surface area (Å²) in [6.45, 7) is 1.29. The van der Waals surface area contributed by atoms with Gasteiger partial charge in [-0.2, -0.15) is 0 Å². The van der Waals surface area contributed by atoms with Crippen molar-refractivity contribution in [2.75, 3.05) is 25.5 Å². The van der Waals surface area contributed by atoms with Gasteiger partial charge >= 0.3 is 0 Å². The standard InChI is InChI=1S/C20H29N3O3.ClH/c1-26-18-8-3-2-7-17(18)22-19(24)14-9-11-23(12-10-14)20(25)15-5-4-6-16(21)13-15;/h2-3,7-8,14-16H,4-6,9-13,21H2,1H3,(H,22,24);1H. The quantitative estimate of drug-likeness (QED) is 0.820. The molecule has 1 saturated heterocycles. The second kappa shape index (κ2) is 9.95. The zero-order valence-corrected chi connectivity index (χ0v) is 16.7. The molecule has 1 aliphatic carbocycles. The Bertz CT molecular complexity index is 647. The van der Waals surface area contributed by atoms with Crippen molar-refractivity contribution in [2.24, 2.45) is 17.6 Å². The number of nitrogens with one attached hydrogen (secondary N) is 1. The molecule has 0 bridgehead atoms. The third-order valence-corrected chi connectivity index (χ3v) is 5.61. The van der Waals surface area contributed by atoms with E-state index in [0.29, 0.717) is 37.4 Å². The topological polar surface area (TPSA) is 84.7 Å². The summed E-state index contributed by atoms with van der Waals surface area (Å²) < 4.78 is 5.28. The molecule has 6 nitrogen and oxygen atoms in total. The van der Waals surface area contributed by atoms with E-state index < -0.39 is 0 Å². The molecular weight excluding hydrogens is 366 g/mol. The van der Waals surface area contributed by atoms with Gasteiger partial charge < -0.3 is 20.7 Å². The highest BCUT2D eigenvalue weighted by Gasteiger charge is 2.32. The van der Waals surface area contributed by atoms with E-state index >= 15 is 0 Å². The van der Waals surface area contributed by atoms with Crippen molar-refractivity contribution in [1.82, 2.24) is 4.90 Å². The van der Waals surface area contributed by atoms with Gasteiger partial charge in [0, 0.05) is 31.0 Å². The van der Waals surface area contributed by atoms with Crippen LogP contribution in [0.4, 0.5) is 5.69 Å². The van der Waals surface area contributed by atoms with Gasteiger partial charge in [0.2, 0.25) is 11.8 Å². The van der Waals surface area contributed by atoms with Crippen LogP contribution in [0.2, 0.25) is 0 Å². The molecule has 2 aliphatic rings. The molecule has 3 rings (SSSR count). The van der Waals surface area contributed by atoms with Crippen LogP contribution in [0.25, 0.3) is 0 Å². The number of rotatable bonds is 4. The minimum absolute atomic E-state index is 0. The summed E-state index contributed by atoms with van der Waals surface area (Å²) in [6.07, 6.45) is 5.20. The monoisotopic (exact) mass is 395 g/mol. The fraction of sp³-hybridized carbons (Fsp3) is 0.600. The van der Waals surface area contributed by atoms with E-state index in [0.717, 1.165) is 25.7 Å². The maximum absolute atomic E-state index is 12.7. The Morgan fingerprint density at radius 3 is 2.48 bits per heavy atom. The van der Waals surface area contributed by atoms with Crippen LogP contribution in [-0.2, 0) is 9.59 Å². The highest BCUT2D eigenvalue weighted by Crippen LogP contribution is 2.28.